The van der Waals surface area contributed by atoms with Crippen molar-refractivity contribution >= 4 is 23.5 Å². The minimum Gasteiger partial charge on any atom is -0.465 e. The first-order valence-corrected chi connectivity index (χ1v) is 8.47. The summed E-state index contributed by atoms with van der Waals surface area (Å²) in [5, 5.41) is 2.53. The molecule has 0 bridgehead atoms. The first-order chi connectivity index (χ1) is 14.0. The van der Waals surface area contributed by atoms with E-state index in [2.05, 4.69) is 10.1 Å². The highest BCUT2D eigenvalue weighted by molar-refractivity contribution is 5.95. The first kappa shape index (κ1) is 19.8. The second-order valence-corrected chi connectivity index (χ2v) is 5.86. The highest BCUT2D eigenvalue weighted by Gasteiger charge is 2.16. The number of carbonyl (C=O) groups is 3. The third-order valence-electron chi connectivity index (χ3n) is 3.86. The Morgan fingerprint density at radius 1 is 0.931 bits per heavy atom. The number of hydrogen-bond donors (Lipinski definition) is 1. The minimum absolute atomic E-state index is 0.0837. The Bertz CT molecular complexity index is 1020. The molecule has 1 aromatic heterocycles. The van der Waals surface area contributed by atoms with Gasteiger partial charge in [-0.05, 0) is 60.7 Å². The van der Waals surface area contributed by atoms with Crippen LogP contribution in [-0.2, 0) is 14.3 Å². The van der Waals surface area contributed by atoms with E-state index >= 15 is 0 Å². The van der Waals surface area contributed by atoms with Crippen LogP contribution in [0.15, 0.2) is 65.1 Å². The molecule has 0 unspecified atom stereocenters. The van der Waals surface area contributed by atoms with Crippen molar-refractivity contribution in [2.75, 3.05) is 19.0 Å². The number of halogens is 1. The van der Waals surface area contributed by atoms with Gasteiger partial charge in [-0.3, -0.25) is 4.79 Å². The fraction of sp³-hybridized carbons (Fsp3) is 0.0952. The van der Waals surface area contributed by atoms with Gasteiger partial charge in [-0.25, -0.2) is 14.0 Å². The van der Waals surface area contributed by atoms with Gasteiger partial charge in [0, 0.05) is 11.3 Å². The average Bonchev–Trinajstić information content (AvgIpc) is 3.23. The van der Waals surface area contributed by atoms with E-state index in [1.165, 1.54) is 61.7 Å². The van der Waals surface area contributed by atoms with Gasteiger partial charge in [0.15, 0.2) is 6.61 Å². The highest BCUT2D eigenvalue weighted by Crippen LogP contribution is 2.22. The van der Waals surface area contributed by atoms with Crippen molar-refractivity contribution in [2.24, 2.45) is 0 Å². The summed E-state index contributed by atoms with van der Waals surface area (Å²) < 4.78 is 27.9. The monoisotopic (exact) mass is 397 g/mol. The number of amides is 1. The zero-order valence-electron chi connectivity index (χ0n) is 15.3. The molecule has 0 aliphatic heterocycles. The van der Waals surface area contributed by atoms with Crippen molar-refractivity contribution in [2.45, 2.75) is 0 Å². The van der Waals surface area contributed by atoms with Crippen LogP contribution in [0, 0.1) is 5.82 Å². The molecule has 0 spiro atoms. The van der Waals surface area contributed by atoms with Gasteiger partial charge in [-0.1, -0.05) is 0 Å². The lowest BCUT2D eigenvalue weighted by molar-refractivity contribution is -0.119. The van der Waals surface area contributed by atoms with E-state index in [9.17, 15) is 18.8 Å². The Kier molecular flexibility index (Phi) is 6.03. The Labute approximate surface area is 165 Å². The van der Waals surface area contributed by atoms with Crippen molar-refractivity contribution in [3.05, 3.63) is 77.8 Å². The lowest BCUT2D eigenvalue weighted by Gasteiger charge is -2.06. The summed E-state index contributed by atoms with van der Waals surface area (Å²) in [6, 6.07) is 14.6. The number of benzene rings is 2. The van der Waals surface area contributed by atoms with E-state index < -0.39 is 24.5 Å². The predicted octanol–water partition coefficient (Wildman–Crippen LogP) is 3.67. The van der Waals surface area contributed by atoms with Gasteiger partial charge in [0.25, 0.3) is 5.91 Å². The van der Waals surface area contributed by atoms with E-state index in [0.29, 0.717) is 22.6 Å². The molecule has 0 atom stereocenters. The fourth-order valence-electron chi connectivity index (χ4n) is 2.42. The predicted molar refractivity (Wildman–Crippen MR) is 101 cm³/mol. The summed E-state index contributed by atoms with van der Waals surface area (Å²) in [6.07, 6.45) is 0. The van der Waals surface area contributed by atoms with Crippen molar-refractivity contribution in [3.63, 3.8) is 0 Å². The molecule has 3 aromatic rings. The average molecular weight is 397 g/mol. The van der Waals surface area contributed by atoms with Crippen LogP contribution < -0.4 is 5.32 Å². The number of carbonyl (C=O) groups excluding carboxylic acids is 3. The Morgan fingerprint density at radius 3 is 2.28 bits per heavy atom. The number of anilines is 1. The molecule has 1 heterocycles. The summed E-state index contributed by atoms with van der Waals surface area (Å²) >= 11 is 0. The number of esters is 2. The third kappa shape index (κ3) is 5.07. The van der Waals surface area contributed by atoms with Crippen LogP contribution in [0.3, 0.4) is 0 Å². The third-order valence-corrected chi connectivity index (χ3v) is 3.86. The van der Waals surface area contributed by atoms with Crippen LogP contribution in [0.1, 0.15) is 20.9 Å². The summed E-state index contributed by atoms with van der Waals surface area (Å²) in [5.74, 6) is -1.96. The number of methoxy groups -OCH3 is 1. The number of rotatable bonds is 6. The molecule has 0 saturated heterocycles. The van der Waals surface area contributed by atoms with E-state index in [0.717, 1.165) is 0 Å². The van der Waals surface area contributed by atoms with Gasteiger partial charge < -0.3 is 19.2 Å². The lowest BCUT2D eigenvalue weighted by atomic mass is 10.2. The highest BCUT2D eigenvalue weighted by atomic mass is 19.1. The molecule has 2 aromatic carbocycles. The van der Waals surface area contributed by atoms with Gasteiger partial charge in [-0.15, -0.1) is 0 Å². The number of nitrogens with one attached hydrogen (secondary N) is 1. The number of hydrogen-bond acceptors (Lipinski definition) is 6. The molecule has 0 fully saturated rings. The van der Waals surface area contributed by atoms with Crippen LogP contribution in [-0.4, -0.2) is 31.6 Å². The Morgan fingerprint density at radius 2 is 1.62 bits per heavy atom. The maximum atomic E-state index is 13.0. The van der Waals surface area contributed by atoms with Gasteiger partial charge in [-0.2, -0.15) is 0 Å². The van der Waals surface area contributed by atoms with Crippen molar-refractivity contribution in [3.8, 4) is 11.3 Å². The molecule has 29 heavy (non-hydrogen) atoms. The first-order valence-electron chi connectivity index (χ1n) is 8.47. The van der Waals surface area contributed by atoms with Gasteiger partial charge in [0.2, 0.25) is 5.76 Å². The summed E-state index contributed by atoms with van der Waals surface area (Å²) in [5.41, 5.74) is 1.36. The van der Waals surface area contributed by atoms with E-state index in [1.54, 1.807) is 6.07 Å². The van der Waals surface area contributed by atoms with Gasteiger partial charge >= 0.3 is 11.9 Å². The SMILES string of the molecule is COC(=O)c1ccc(NC(=O)COC(=O)c2ccc(-c3ccc(F)cc3)o2)cc1. The van der Waals surface area contributed by atoms with E-state index in [-0.39, 0.29) is 11.6 Å². The molecule has 1 N–H and O–H groups in total. The van der Waals surface area contributed by atoms with E-state index in [4.69, 9.17) is 9.15 Å². The van der Waals surface area contributed by atoms with Crippen LogP contribution in [0.5, 0.6) is 0 Å². The molecular weight excluding hydrogens is 381 g/mol. The molecule has 0 radical (unpaired) electrons. The summed E-state index contributed by atoms with van der Waals surface area (Å²) in [4.78, 5) is 35.4. The molecular formula is C21H16FNO6. The smallest absolute Gasteiger partial charge is 0.374 e. The largest absolute Gasteiger partial charge is 0.465 e. The molecule has 3 rings (SSSR count). The van der Waals surface area contributed by atoms with Crippen molar-refractivity contribution in [1.82, 2.24) is 0 Å². The number of furan rings is 1. The Balaban J connectivity index is 1.53. The summed E-state index contributed by atoms with van der Waals surface area (Å²) in [6.45, 7) is -0.524. The molecule has 1 amide bonds. The fourth-order valence-corrected chi connectivity index (χ4v) is 2.42. The van der Waals surface area contributed by atoms with Gasteiger partial charge in [0.05, 0.1) is 12.7 Å². The summed E-state index contributed by atoms with van der Waals surface area (Å²) in [7, 11) is 1.27. The molecule has 148 valence electrons. The standard InChI is InChI=1S/C21H16FNO6/c1-27-20(25)14-4-8-16(9-5-14)23-19(24)12-28-21(26)18-11-10-17(29-18)13-2-6-15(22)7-3-13/h2-11H,12H2,1H3,(H,23,24). The minimum atomic E-state index is -0.811. The zero-order valence-corrected chi connectivity index (χ0v) is 15.3. The zero-order chi connectivity index (χ0) is 20.8. The number of ether oxygens (including phenoxy) is 2. The van der Waals surface area contributed by atoms with Gasteiger partial charge in [0.1, 0.15) is 11.6 Å². The second-order valence-electron chi connectivity index (χ2n) is 5.86. The molecule has 0 aliphatic carbocycles. The second kappa shape index (κ2) is 8.83. The van der Waals surface area contributed by atoms with Crippen LogP contribution in [0.25, 0.3) is 11.3 Å². The van der Waals surface area contributed by atoms with Crippen molar-refractivity contribution < 1.29 is 32.7 Å². The lowest BCUT2D eigenvalue weighted by Crippen LogP contribution is -2.20. The normalized spacial score (nSPS) is 10.3. The van der Waals surface area contributed by atoms with Crippen LogP contribution in [0.2, 0.25) is 0 Å². The van der Waals surface area contributed by atoms with Crippen LogP contribution in [0.4, 0.5) is 10.1 Å². The molecule has 7 nitrogen and oxygen atoms in total. The van der Waals surface area contributed by atoms with Crippen molar-refractivity contribution in [1.29, 1.82) is 0 Å². The quantitative estimate of drug-likeness (QED) is 0.638. The molecule has 0 saturated carbocycles. The topological polar surface area (TPSA) is 94.8 Å². The Hall–Kier alpha value is -3.94. The molecule has 8 heteroatoms. The van der Waals surface area contributed by atoms with Crippen LogP contribution >= 0.6 is 0 Å². The maximum Gasteiger partial charge on any atom is 0.374 e. The van der Waals surface area contributed by atoms with E-state index in [1.807, 2.05) is 0 Å². The maximum absolute atomic E-state index is 13.0. The molecule has 0 aliphatic rings.